The third kappa shape index (κ3) is 13.9. The molecule has 2 atom stereocenters. The quantitative estimate of drug-likeness (QED) is 0.101. The molecule has 7 nitrogen and oxygen atoms in total. The van der Waals surface area contributed by atoms with Crippen LogP contribution in [-0.4, -0.2) is 40.7 Å². The number of fused-ring (bicyclic) bond motifs is 2. The normalized spacial score (nSPS) is 20.3. The van der Waals surface area contributed by atoms with E-state index < -0.39 is 12.2 Å². The molecule has 0 bridgehead atoms. The number of aryl methyl sites for hydroxylation is 1. The number of hydrogen-bond donors (Lipinski definition) is 1. The molecule has 0 spiro atoms. The molecule has 0 aliphatic heterocycles. The predicted octanol–water partition coefficient (Wildman–Crippen LogP) is 14.5. The number of hydrogen-bond acceptors (Lipinski definition) is 6. The van der Waals surface area contributed by atoms with Gasteiger partial charge in [-0.05, 0) is 122 Å². The summed E-state index contributed by atoms with van der Waals surface area (Å²) >= 11 is 0. The summed E-state index contributed by atoms with van der Waals surface area (Å²) in [5, 5.41) is 1.10. The highest BCUT2D eigenvalue weighted by atomic mass is 16.6. The van der Waals surface area contributed by atoms with Crippen LogP contribution >= 0.6 is 0 Å². The zero-order chi connectivity index (χ0) is 50.6. The first-order valence-electron chi connectivity index (χ1n) is 24.6. The van der Waals surface area contributed by atoms with Gasteiger partial charge in [-0.2, -0.15) is 0 Å². The first-order chi connectivity index (χ1) is 33.3. The molecule has 3 aliphatic rings. The summed E-state index contributed by atoms with van der Waals surface area (Å²) in [7, 11) is 0. The molecule has 0 amide bonds. The SMILES string of the molecule is CC1=C(/C=C/C(C)=C/C=C/C(C)=C/C=C/C=C(C)/C=C/C=C(C)/C=C/C2=C(C)C(=O)[C@@H](OC(=O)CCc3c[nH]c4ccccc34)CC2(C)C)C(C)(C)C[C@H](OC(=O)CCC2=CCc3ccccc32)C1=O. The Kier molecular flexibility index (Phi) is 17.7. The van der Waals surface area contributed by atoms with Crippen molar-refractivity contribution < 1.29 is 28.7 Å². The molecule has 364 valence electrons. The van der Waals surface area contributed by atoms with Crippen LogP contribution in [-0.2, 0) is 41.5 Å². The van der Waals surface area contributed by atoms with E-state index in [-0.39, 0.29) is 47.2 Å². The highest BCUT2D eigenvalue weighted by Gasteiger charge is 2.41. The summed E-state index contributed by atoms with van der Waals surface area (Å²) in [6.07, 6.45) is 34.5. The monoisotopic (exact) mass is 938 g/mol. The molecule has 3 aromatic rings. The van der Waals surface area contributed by atoms with Crippen molar-refractivity contribution in [2.24, 2.45) is 10.8 Å². The van der Waals surface area contributed by atoms with Crippen molar-refractivity contribution in [1.29, 1.82) is 0 Å². The summed E-state index contributed by atoms with van der Waals surface area (Å²) in [5.41, 5.74) is 12.6. The fraction of sp³-hybridized carbons (Fsp3) is 0.333. The molecule has 3 aliphatic carbocycles. The Morgan fingerprint density at radius 1 is 0.629 bits per heavy atom. The fourth-order valence-corrected chi connectivity index (χ4v) is 9.60. The Balaban J connectivity index is 0.941. The molecule has 0 fully saturated rings. The van der Waals surface area contributed by atoms with Crippen molar-refractivity contribution in [1.82, 2.24) is 4.98 Å². The van der Waals surface area contributed by atoms with Crippen molar-refractivity contribution in [3.05, 3.63) is 207 Å². The minimum absolute atomic E-state index is 0.121. The number of Topliss-reactive ketones (excluding diaryl/α,β-unsaturated/α-hetero) is 2. The third-order valence-corrected chi connectivity index (χ3v) is 13.6. The molecule has 0 radical (unpaired) electrons. The van der Waals surface area contributed by atoms with Crippen LogP contribution in [0.25, 0.3) is 16.5 Å². The van der Waals surface area contributed by atoms with Crippen LogP contribution in [0.15, 0.2) is 190 Å². The van der Waals surface area contributed by atoms with Crippen LogP contribution in [0.2, 0.25) is 0 Å². The van der Waals surface area contributed by atoms with Crippen molar-refractivity contribution in [3.63, 3.8) is 0 Å². The fourth-order valence-electron chi connectivity index (χ4n) is 9.60. The van der Waals surface area contributed by atoms with E-state index in [0.29, 0.717) is 36.8 Å². The maximum absolute atomic E-state index is 13.4. The number of ketones is 2. The van der Waals surface area contributed by atoms with E-state index >= 15 is 0 Å². The lowest BCUT2D eigenvalue weighted by Gasteiger charge is -2.36. The van der Waals surface area contributed by atoms with Gasteiger partial charge < -0.3 is 14.5 Å². The van der Waals surface area contributed by atoms with Gasteiger partial charge in [0.1, 0.15) is 0 Å². The average Bonchev–Trinajstić information content (AvgIpc) is 3.93. The Bertz CT molecular complexity index is 2880. The van der Waals surface area contributed by atoms with E-state index in [2.05, 4.69) is 89.0 Å². The Morgan fingerprint density at radius 3 is 1.66 bits per heavy atom. The van der Waals surface area contributed by atoms with Gasteiger partial charge >= 0.3 is 11.9 Å². The van der Waals surface area contributed by atoms with Crippen LogP contribution in [0, 0.1) is 10.8 Å². The molecule has 0 saturated heterocycles. The molecule has 6 rings (SSSR count). The van der Waals surface area contributed by atoms with Crippen molar-refractivity contribution in [3.8, 4) is 0 Å². The number of nitrogens with one attached hydrogen (secondary N) is 1. The second-order valence-electron chi connectivity index (χ2n) is 20.3. The zero-order valence-corrected chi connectivity index (χ0v) is 42.9. The lowest BCUT2D eigenvalue weighted by Crippen LogP contribution is -2.39. The van der Waals surface area contributed by atoms with Crippen LogP contribution in [0.4, 0.5) is 0 Å². The molecule has 7 heteroatoms. The average molecular weight is 938 g/mol. The molecule has 0 saturated carbocycles. The highest BCUT2D eigenvalue weighted by molar-refractivity contribution is 6.02. The van der Waals surface area contributed by atoms with E-state index in [1.807, 2.05) is 131 Å². The van der Waals surface area contributed by atoms with Crippen LogP contribution in [0.1, 0.15) is 118 Å². The summed E-state index contributed by atoms with van der Waals surface area (Å²) in [6.45, 7) is 20.2. The van der Waals surface area contributed by atoms with Gasteiger partial charge in [-0.25, -0.2) is 0 Å². The first kappa shape index (κ1) is 52.5. The van der Waals surface area contributed by atoms with Crippen molar-refractivity contribution in [2.45, 2.75) is 126 Å². The Labute approximate surface area is 416 Å². The second kappa shape index (κ2) is 23.6. The van der Waals surface area contributed by atoms with E-state index in [1.165, 1.54) is 16.7 Å². The number of ether oxygens (including phenoxy) is 2. The van der Waals surface area contributed by atoms with Crippen LogP contribution in [0.3, 0.4) is 0 Å². The van der Waals surface area contributed by atoms with E-state index in [1.54, 1.807) is 0 Å². The van der Waals surface area contributed by atoms with Crippen molar-refractivity contribution in [2.75, 3.05) is 0 Å². The summed E-state index contributed by atoms with van der Waals surface area (Å²) < 4.78 is 11.6. The Morgan fingerprint density at radius 2 is 1.10 bits per heavy atom. The zero-order valence-electron chi connectivity index (χ0n) is 42.9. The lowest BCUT2D eigenvalue weighted by molar-refractivity contribution is -0.156. The van der Waals surface area contributed by atoms with E-state index in [9.17, 15) is 19.2 Å². The number of allylic oxidation sites excluding steroid dienone is 22. The van der Waals surface area contributed by atoms with Gasteiger partial charge in [0.15, 0.2) is 23.8 Å². The molecule has 1 N–H and O–H groups in total. The summed E-state index contributed by atoms with van der Waals surface area (Å²) in [6, 6.07) is 16.3. The standard InChI is InChI=1S/C63H71NO6/c1-42(21-17-23-44(3)29-35-53-46(5)60(67)56(39-62(53,7)8)69-58(65)37-33-49-32-31-48-25-13-14-26-51(48)49)19-11-12-20-43(2)22-18-24-45(4)30-36-54-47(6)61(68)57(40-63(54,9)10)70-59(66)38-34-50-41-64-55-28-16-15-27-52(50)55/h11-30,32,35-36,41,56-57,64H,31,33-34,37-40H2,1-10H3/b12-11+,21-17+,22-18+,35-29+,36-30+,42-19+,43-20+,44-23+,45-24+/t56-,57-/m0/s1. The molecule has 70 heavy (non-hydrogen) atoms. The summed E-state index contributed by atoms with van der Waals surface area (Å²) in [5.74, 6) is -0.943. The summed E-state index contributed by atoms with van der Waals surface area (Å²) in [4.78, 5) is 55.9. The minimum atomic E-state index is -0.785. The van der Waals surface area contributed by atoms with Gasteiger partial charge in [-0.3, -0.25) is 19.2 Å². The molecular formula is C63H71NO6. The van der Waals surface area contributed by atoms with Crippen molar-refractivity contribution >= 4 is 40.0 Å². The van der Waals surface area contributed by atoms with Gasteiger partial charge in [0, 0.05) is 42.8 Å². The number of H-pyrrole nitrogens is 1. The van der Waals surface area contributed by atoms with Gasteiger partial charge in [0.25, 0.3) is 0 Å². The lowest BCUT2D eigenvalue weighted by atomic mass is 9.71. The molecule has 1 aromatic heterocycles. The third-order valence-electron chi connectivity index (χ3n) is 13.6. The van der Waals surface area contributed by atoms with Gasteiger partial charge in [-0.1, -0.05) is 184 Å². The largest absolute Gasteiger partial charge is 0.454 e. The van der Waals surface area contributed by atoms with Gasteiger partial charge in [-0.15, -0.1) is 0 Å². The number of rotatable bonds is 18. The van der Waals surface area contributed by atoms with Crippen LogP contribution in [0.5, 0.6) is 0 Å². The molecular weight excluding hydrogens is 867 g/mol. The van der Waals surface area contributed by atoms with Gasteiger partial charge in [0.2, 0.25) is 0 Å². The molecule has 1 heterocycles. The highest BCUT2D eigenvalue weighted by Crippen LogP contribution is 2.42. The van der Waals surface area contributed by atoms with E-state index in [0.717, 1.165) is 56.3 Å². The first-order valence-corrected chi connectivity index (χ1v) is 24.6. The number of carbonyl (C=O) groups is 4. The number of carbonyl (C=O) groups excluding carboxylic acids is 4. The Hall–Kier alpha value is -6.86. The second-order valence-corrected chi connectivity index (χ2v) is 20.3. The number of aromatic amines is 1. The predicted molar refractivity (Wildman–Crippen MR) is 287 cm³/mol. The van der Waals surface area contributed by atoms with Crippen LogP contribution < -0.4 is 0 Å². The maximum atomic E-state index is 13.4. The van der Waals surface area contributed by atoms with E-state index in [4.69, 9.17) is 9.47 Å². The molecule has 0 unspecified atom stereocenters. The molecule has 2 aromatic carbocycles. The van der Waals surface area contributed by atoms with Gasteiger partial charge in [0.05, 0.1) is 0 Å². The minimum Gasteiger partial charge on any atom is -0.454 e. The topological polar surface area (TPSA) is 103 Å². The number of benzene rings is 2. The number of esters is 2. The maximum Gasteiger partial charge on any atom is 0.306 e. The smallest absolute Gasteiger partial charge is 0.306 e. The number of para-hydroxylation sites is 1. The number of aromatic nitrogens is 1.